The number of hydrogen-bond acceptors (Lipinski definition) is 6. The van der Waals surface area contributed by atoms with Crippen LogP contribution in [-0.2, 0) is 15.6 Å². The second-order valence-corrected chi connectivity index (χ2v) is 8.24. The van der Waals surface area contributed by atoms with Crippen molar-refractivity contribution in [3.63, 3.8) is 0 Å². The summed E-state index contributed by atoms with van der Waals surface area (Å²) in [5, 5.41) is 4.00. The molecule has 0 bridgehead atoms. The van der Waals surface area contributed by atoms with E-state index in [0.29, 0.717) is 35.9 Å². The van der Waals surface area contributed by atoms with Crippen LogP contribution < -0.4 is 10.0 Å². The van der Waals surface area contributed by atoms with Gasteiger partial charge in [0.1, 0.15) is 0 Å². The van der Waals surface area contributed by atoms with Crippen molar-refractivity contribution in [3.8, 4) is 11.5 Å². The highest BCUT2D eigenvalue weighted by molar-refractivity contribution is 7.93. The number of nitrogens with two attached hydrogens (primary N) is 1. The third-order valence-electron chi connectivity index (χ3n) is 4.60. The minimum atomic E-state index is -3.21. The van der Waals surface area contributed by atoms with E-state index in [-0.39, 0.29) is 5.75 Å². The van der Waals surface area contributed by atoms with Gasteiger partial charge in [0, 0.05) is 12.1 Å². The van der Waals surface area contributed by atoms with Crippen LogP contribution in [-0.4, -0.2) is 30.9 Å². The van der Waals surface area contributed by atoms with Crippen molar-refractivity contribution in [2.24, 2.45) is 5.73 Å². The van der Waals surface area contributed by atoms with Gasteiger partial charge in [-0.3, -0.25) is 4.31 Å². The van der Waals surface area contributed by atoms with E-state index in [1.807, 2.05) is 6.07 Å². The lowest BCUT2D eigenvalue weighted by Gasteiger charge is -2.34. The fourth-order valence-electron chi connectivity index (χ4n) is 3.05. The summed E-state index contributed by atoms with van der Waals surface area (Å²) in [5.74, 6) is 1.09. The monoisotopic (exact) mass is 334 g/mol. The van der Waals surface area contributed by atoms with Gasteiger partial charge in [-0.1, -0.05) is 11.2 Å². The van der Waals surface area contributed by atoms with Gasteiger partial charge >= 0.3 is 0 Å². The number of rotatable bonds is 3. The molecule has 2 fully saturated rings. The van der Waals surface area contributed by atoms with Gasteiger partial charge in [-0.2, -0.15) is 4.98 Å². The molecule has 1 aromatic heterocycles. The Morgan fingerprint density at radius 3 is 2.74 bits per heavy atom. The van der Waals surface area contributed by atoms with Gasteiger partial charge in [-0.25, -0.2) is 8.42 Å². The van der Waals surface area contributed by atoms with Gasteiger partial charge in [-0.05, 0) is 43.9 Å². The predicted molar refractivity (Wildman–Crippen MR) is 85.2 cm³/mol. The third-order valence-corrected chi connectivity index (χ3v) is 6.47. The molecule has 7 nitrogen and oxygen atoms in total. The summed E-state index contributed by atoms with van der Waals surface area (Å²) in [6.45, 7) is 0.507. The quantitative estimate of drug-likeness (QED) is 0.915. The topological polar surface area (TPSA) is 102 Å². The minimum absolute atomic E-state index is 0.192. The Kier molecular flexibility index (Phi) is 3.21. The Labute approximate surface area is 134 Å². The van der Waals surface area contributed by atoms with E-state index >= 15 is 0 Å². The SMILES string of the molecule is NC1(c2noc(-c3cccc(N4CCCS4(=O)=O)c3)n2)CCC1. The first kappa shape index (κ1) is 14.6. The minimum Gasteiger partial charge on any atom is -0.334 e. The fraction of sp³-hybridized carbons (Fsp3) is 0.467. The van der Waals surface area contributed by atoms with Gasteiger partial charge in [0.2, 0.25) is 10.0 Å². The van der Waals surface area contributed by atoms with Crippen molar-refractivity contribution in [2.45, 2.75) is 31.2 Å². The molecule has 1 aliphatic heterocycles. The molecule has 0 radical (unpaired) electrons. The standard InChI is InChI=1S/C15H18N4O3S/c16-15(6-2-7-15)14-17-13(22-18-14)11-4-1-5-12(10-11)19-8-3-9-23(19,20)21/h1,4-5,10H,2-3,6-9,16H2. The molecule has 4 rings (SSSR count). The summed E-state index contributed by atoms with van der Waals surface area (Å²) in [4.78, 5) is 4.41. The summed E-state index contributed by atoms with van der Waals surface area (Å²) in [7, 11) is -3.21. The molecule has 2 N–H and O–H groups in total. The van der Waals surface area contributed by atoms with E-state index in [9.17, 15) is 8.42 Å². The summed E-state index contributed by atoms with van der Waals surface area (Å²) in [5.41, 5.74) is 7.06. The number of sulfonamides is 1. The lowest BCUT2D eigenvalue weighted by atomic mass is 9.77. The molecule has 1 aromatic carbocycles. The second-order valence-electron chi connectivity index (χ2n) is 6.22. The zero-order chi connectivity index (χ0) is 16.1. The molecule has 0 spiro atoms. The zero-order valence-electron chi connectivity index (χ0n) is 12.6. The molecule has 23 heavy (non-hydrogen) atoms. The smallest absolute Gasteiger partial charge is 0.258 e. The summed E-state index contributed by atoms with van der Waals surface area (Å²) in [6.07, 6.45) is 3.44. The largest absolute Gasteiger partial charge is 0.334 e. The highest BCUT2D eigenvalue weighted by Crippen LogP contribution is 2.38. The highest BCUT2D eigenvalue weighted by Gasteiger charge is 2.39. The molecule has 122 valence electrons. The molecule has 2 aromatic rings. The van der Waals surface area contributed by atoms with Crippen molar-refractivity contribution in [2.75, 3.05) is 16.6 Å². The van der Waals surface area contributed by atoms with Crippen molar-refractivity contribution in [1.29, 1.82) is 0 Å². The Hall–Kier alpha value is -1.93. The van der Waals surface area contributed by atoms with Crippen LogP contribution in [0.25, 0.3) is 11.5 Å². The van der Waals surface area contributed by atoms with Crippen LogP contribution in [0.2, 0.25) is 0 Å². The van der Waals surface area contributed by atoms with E-state index in [1.54, 1.807) is 18.2 Å². The first-order valence-corrected chi connectivity index (χ1v) is 9.33. The van der Waals surface area contributed by atoms with Crippen LogP contribution in [0.4, 0.5) is 5.69 Å². The van der Waals surface area contributed by atoms with Crippen molar-refractivity contribution < 1.29 is 12.9 Å². The maximum absolute atomic E-state index is 12.1. The molecule has 2 heterocycles. The Morgan fingerprint density at radius 2 is 2.09 bits per heavy atom. The number of nitrogens with zero attached hydrogens (tertiary/aromatic N) is 3. The lowest BCUT2D eigenvalue weighted by molar-refractivity contribution is 0.229. The predicted octanol–water partition coefficient (Wildman–Crippen LogP) is 1.61. The molecule has 2 aliphatic rings. The molecule has 0 unspecified atom stereocenters. The van der Waals surface area contributed by atoms with Gasteiger partial charge in [0.05, 0.1) is 17.0 Å². The van der Waals surface area contributed by atoms with Crippen molar-refractivity contribution in [1.82, 2.24) is 10.1 Å². The second kappa shape index (κ2) is 5.04. The van der Waals surface area contributed by atoms with E-state index in [2.05, 4.69) is 10.1 Å². The number of anilines is 1. The van der Waals surface area contributed by atoms with E-state index in [1.165, 1.54) is 4.31 Å². The Morgan fingerprint density at radius 1 is 1.26 bits per heavy atom. The molecular formula is C15H18N4O3S. The first-order valence-electron chi connectivity index (χ1n) is 7.72. The molecule has 8 heteroatoms. The Balaban J connectivity index is 1.67. The lowest BCUT2D eigenvalue weighted by Crippen LogP contribution is -2.44. The van der Waals surface area contributed by atoms with E-state index in [4.69, 9.17) is 10.3 Å². The Bertz CT molecular complexity index is 842. The molecule has 0 amide bonds. The average molecular weight is 334 g/mol. The molecule has 1 saturated carbocycles. The van der Waals surface area contributed by atoms with Gasteiger partial charge in [0.15, 0.2) is 5.82 Å². The van der Waals surface area contributed by atoms with Crippen molar-refractivity contribution in [3.05, 3.63) is 30.1 Å². The summed E-state index contributed by atoms with van der Waals surface area (Å²) >= 11 is 0. The zero-order valence-corrected chi connectivity index (χ0v) is 13.4. The van der Waals surface area contributed by atoms with E-state index in [0.717, 1.165) is 19.3 Å². The van der Waals surface area contributed by atoms with Gasteiger partial charge in [-0.15, -0.1) is 0 Å². The van der Waals surface area contributed by atoms with E-state index < -0.39 is 15.6 Å². The van der Waals surface area contributed by atoms with Crippen LogP contribution >= 0.6 is 0 Å². The number of benzene rings is 1. The van der Waals surface area contributed by atoms with Crippen LogP contribution in [0.3, 0.4) is 0 Å². The van der Waals surface area contributed by atoms with Crippen LogP contribution in [0.5, 0.6) is 0 Å². The van der Waals surface area contributed by atoms with Crippen LogP contribution in [0.15, 0.2) is 28.8 Å². The molecule has 1 saturated heterocycles. The summed E-state index contributed by atoms with van der Waals surface area (Å²) in [6, 6.07) is 7.17. The van der Waals surface area contributed by atoms with Crippen LogP contribution in [0, 0.1) is 0 Å². The molecule has 0 atom stereocenters. The first-order chi connectivity index (χ1) is 11.0. The highest BCUT2D eigenvalue weighted by atomic mass is 32.2. The fourth-order valence-corrected chi connectivity index (χ4v) is 4.60. The molecule has 1 aliphatic carbocycles. The van der Waals surface area contributed by atoms with Gasteiger partial charge < -0.3 is 10.3 Å². The number of hydrogen-bond donors (Lipinski definition) is 1. The normalized spacial score (nSPS) is 22.0. The maximum Gasteiger partial charge on any atom is 0.258 e. The van der Waals surface area contributed by atoms with Gasteiger partial charge in [0.25, 0.3) is 5.89 Å². The number of aromatic nitrogens is 2. The maximum atomic E-state index is 12.1. The third kappa shape index (κ3) is 2.42. The van der Waals surface area contributed by atoms with Crippen LogP contribution in [0.1, 0.15) is 31.5 Å². The molecular weight excluding hydrogens is 316 g/mol. The summed E-state index contributed by atoms with van der Waals surface area (Å²) < 4.78 is 30.9. The van der Waals surface area contributed by atoms with Crippen molar-refractivity contribution >= 4 is 15.7 Å². The average Bonchev–Trinajstić information content (AvgIpc) is 3.11.